The molecule has 0 aliphatic carbocycles. The summed E-state index contributed by atoms with van der Waals surface area (Å²) in [5, 5.41) is 16.5. The summed E-state index contributed by atoms with van der Waals surface area (Å²) in [6.45, 7) is 3.63. The summed E-state index contributed by atoms with van der Waals surface area (Å²) >= 11 is 6.29. The first kappa shape index (κ1) is 16.8. The molecule has 2 N–H and O–H groups in total. The number of aromatic nitrogens is 2. The second-order valence-corrected chi connectivity index (χ2v) is 6.01. The molecule has 1 aromatic carbocycles. The monoisotopic (exact) mass is 349 g/mol. The summed E-state index contributed by atoms with van der Waals surface area (Å²) in [7, 11) is 0. The van der Waals surface area contributed by atoms with Gasteiger partial charge in [0, 0.05) is 50.8 Å². The van der Waals surface area contributed by atoms with Crippen LogP contribution in [0.25, 0.3) is 5.69 Å². The Kier molecular flexibility index (Phi) is 5.34. The summed E-state index contributed by atoms with van der Waals surface area (Å²) in [4.78, 5) is 16.2. The molecule has 7 nitrogen and oxygen atoms in total. The fourth-order valence-corrected chi connectivity index (χ4v) is 2.97. The number of halogens is 1. The number of rotatable bonds is 4. The van der Waals surface area contributed by atoms with Crippen molar-refractivity contribution in [3.8, 4) is 5.69 Å². The minimum Gasteiger partial charge on any atom is -0.395 e. The van der Waals surface area contributed by atoms with Crippen molar-refractivity contribution in [2.24, 2.45) is 0 Å². The van der Waals surface area contributed by atoms with E-state index in [1.165, 1.54) is 0 Å². The van der Waals surface area contributed by atoms with Gasteiger partial charge in [-0.1, -0.05) is 11.6 Å². The normalized spacial score (nSPS) is 15.5. The molecule has 1 aliphatic heterocycles. The number of anilines is 1. The van der Waals surface area contributed by atoms with Crippen molar-refractivity contribution >= 4 is 23.3 Å². The number of piperazine rings is 1. The molecule has 0 radical (unpaired) electrons. The second-order valence-electron chi connectivity index (χ2n) is 5.60. The quantitative estimate of drug-likeness (QED) is 0.880. The van der Waals surface area contributed by atoms with E-state index in [-0.39, 0.29) is 12.6 Å². The summed E-state index contributed by atoms with van der Waals surface area (Å²) < 4.78 is 1.67. The van der Waals surface area contributed by atoms with Crippen molar-refractivity contribution in [2.45, 2.75) is 0 Å². The molecule has 24 heavy (non-hydrogen) atoms. The van der Waals surface area contributed by atoms with Crippen LogP contribution in [0.4, 0.5) is 10.5 Å². The third kappa shape index (κ3) is 3.87. The Balaban J connectivity index is 1.60. The molecule has 1 aliphatic rings. The first-order valence-corrected chi connectivity index (χ1v) is 8.24. The molecule has 2 heterocycles. The van der Waals surface area contributed by atoms with Crippen LogP contribution in [0.3, 0.4) is 0 Å². The minimum absolute atomic E-state index is 0.137. The number of benzene rings is 1. The van der Waals surface area contributed by atoms with Gasteiger partial charge in [-0.25, -0.2) is 9.48 Å². The SMILES string of the molecule is O=C(Nc1ccc(-n2cccn2)c(Cl)c1)N1CCN(CCO)CC1. The van der Waals surface area contributed by atoms with E-state index in [1.807, 2.05) is 24.4 Å². The third-order valence-corrected chi connectivity index (χ3v) is 4.33. The number of amides is 2. The maximum absolute atomic E-state index is 12.3. The first-order chi connectivity index (χ1) is 11.7. The number of aliphatic hydroxyl groups is 1. The highest BCUT2D eigenvalue weighted by atomic mass is 35.5. The van der Waals surface area contributed by atoms with Crippen molar-refractivity contribution in [3.05, 3.63) is 41.7 Å². The van der Waals surface area contributed by atoms with Gasteiger partial charge in [-0.2, -0.15) is 5.10 Å². The molecule has 0 atom stereocenters. The van der Waals surface area contributed by atoms with E-state index in [0.717, 1.165) is 18.8 Å². The Morgan fingerprint density at radius 2 is 2.08 bits per heavy atom. The number of carbonyl (C=O) groups excluding carboxylic acids is 1. The van der Waals surface area contributed by atoms with Gasteiger partial charge in [0.15, 0.2) is 0 Å². The molecule has 8 heteroatoms. The smallest absolute Gasteiger partial charge is 0.321 e. The van der Waals surface area contributed by atoms with Gasteiger partial charge in [-0.3, -0.25) is 4.90 Å². The van der Waals surface area contributed by atoms with Crippen molar-refractivity contribution < 1.29 is 9.90 Å². The Hall–Kier alpha value is -2.09. The zero-order chi connectivity index (χ0) is 16.9. The Morgan fingerprint density at radius 1 is 1.29 bits per heavy atom. The van der Waals surface area contributed by atoms with Gasteiger partial charge >= 0.3 is 6.03 Å². The second kappa shape index (κ2) is 7.65. The molecule has 0 spiro atoms. The van der Waals surface area contributed by atoms with Gasteiger partial charge in [-0.05, 0) is 24.3 Å². The van der Waals surface area contributed by atoms with E-state index in [9.17, 15) is 4.79 Å². The molecule has 1 aromatic heterocycles. The average molecular weight is 350 g/mol. The summed E-state index contributed by atoms with van der Waals surface area (Å²) in [6, 6.07) is 7.04. The number of β-amino-alcohol motifs (C(OH)–C–C–N with tert-alkyl or cyclic N) is 1. The average Bonchev–Trinajstić information content (AvgIpc) is 3.10. The topological polar surface area (TPSA) is 73.6 Å². The predicted molar refractivity (Wildman–Crippen MR) is 92.7 cm³/mol. The predicted octanol–water partition coefficient (Wildman–Crippen LogP) is 1.67. The van der Waals surface area contributed by atoms with Crippen molar-refractivity contribution in [1.82, 2.24) is 19.6 Å². The highest BCUT2D eigenvalue weighted by molar-refractivity contribution is 6.32. The summed E-state index contributed by atoms with van der Waals surface area (Å²) in [6.07, 6.45) is 3.49. The van der Waals surface area contributed by atoms with E-state index in [2.05, 4.69) is 15.3 Å². The lowest BCUT2D eigenvalue weighted by atomic mass is 10.2. The van der Waals surface area contributed by atoms with E-state index in [0.29, 0.717) is 30.3 Å². The zero-order valence-corrected chi connectivity index (χ0v) is 14.0. The Morgan fingerprint density at radius 3 is 2.71 bits per heavy atom. The first-order valence-electron chi connectivity index (χ1n) is 7.86. The fraction of sp³-hybridized carbons (Fsp3) is 0.375. The lowest BCUT2D eigenvalue weighted by Gasteiger charge is -2.34. The number of nitrogens with zero attached hydrogens (tertiary/aromatic N) is 4. The Labute approximate surface area is 145 Å². The van der Waals surface area contributed by atoms with Crippen LogP contribution in [-0.2, 0) is 0 Å². The van der Waals surface area contributed by atoms with Gasteiger partial charge in [0.05, 0.1) is 17.3 Å². The van der Waals surface area contributed by atoms with Gasteiger partial charge in [0.1, 0.15) is 0 Å². The van der Waals surface area contributed by atoms with Crippen molar-refractivity contribution in [1.29, 1.82) is 0 Å². The zero-order valence-electron chi connectivity index (χ0n) is 13.2. The molecule has 0 bridgehead atoms. The van der Waals surface area contributed by atoms with Gasteiger partial charge in [-0.15, -0.1) is 0 Å². The van der Waals surface area contributed by atoms with E-state index in [1.54, 1.807) is 21.8 Å². The van der Waals surface area contributed by atoms with Crippen molar-refractivity contribution in [2.75, 3.05) is 44.6 Å². The molecule has 2 aromatic rings. The molecule has 3 rings (SSSR count). The van der Waals surface area contributed by atoms with Crippen molar-refractivity contribution in [3.63, 3.8) is 0 Å². The maximum Gasteiger partial charge on any atom is 0.321 e. The standard InChI is InChI=1S/C16H20ClN5O2/c17-14-12-13(2-3-15(14)22-5-1-4-18-22)19-16(24)21-8-6-20(7-9-21)10-11-23/h1-5,12,23H,6-11H2,(H,19,24). The molecular weight excluding hydrogens is 330 g/mol. The van der Waals surface area contributed by atoms with E-state index in [4.69, 9.17) is 16.7 Å². The van der Waals surface area contributed by atoms with Gasteiger partial charge in [0.2, 0.25) is 0 Å². The minimum atomic E-state index is -0.137. The molecule has 2 amide bonds. The number of aliphatic hydroxyl groups excluding tert-OH is 1. The van der Waals surface area contributed by atoms with Crippen LogP contribution in [0.5, 0.6) is 0 Å². The van der Waals surface area contributed by atoms with E-state index < -0.39 is 0 Å². The lowest BCUT2D eigenvalue weighted by Crippen LogP contribution is -2.50. The number of hydrogen-bond acceptors (Lipinski definition) is 4. The molecule has 1 fully saturated rings. The van der Waals surface area contributed by atoms with Crippen LogP contribution < -0.4 is 5.32 Å². The van der Waals surface area contributed by atoms with Crippen LogP contribution in [0.1, 0.15) is 0 Å². The van der Waals surface area contributed by atoms with E-state index >= 15 is 0 Å². The molecule has 0 saturated carbocycles. The fourth-order valence-electron chi connectivity index (χ4n) is 2.70. The highest BCUT2D eigenvalue weighted by Gasteiger charge is 2.20. The summed E-state index contributed by atoms with van der Waals surface area (Å²) in [5.74, 6) is 0. The van der Waals surface area contributed by atoms with Gasteiger partial charge in [0.25, 0.3) is 0 Å². The van der Waals surface area contributed by atoms with Crippen LogP contribution in [0.15, 0.2) is 36.7 Å². The number of nitrogens with one attached hydrogen (secondary N) is 1. The third-order valence-electron chi connectivity index (χ3n) is 4.03. The van der Waals surface area contributed by atoms with Gasteiger partial charge < -0.3 is 15.3 Å². The molecule has 0 unspecified atom stereocenters. The summed E-state index contributed by atoms with van der Waals surface area (Å²) in [5.41, 5.74) is 1.41. The number of carbonyl (C=O) groups is 1. The molecular formula is C16H20ClN5O2. The lowest BCUT2D eigenvalue weighted by molar-refractivity contribution is 0.127. The van der Waals surface area contributed by atoms with Crippen LogP contribution in [-0.4, -0.2) is 70.0 Å². The highest BCUT2D eigenvalue weighted by Crippen LogP contribution is 2.24. The van der Waals surface area contributed by atoms with Crippen LogP contribution >= 0.6 is 11.6 Å². The molecule has 1 saturated heterocycles. The maximum atomic E-state index is 12.3. The Bertz CT molecular complexity index is 684. The number of urea groups is 1. The van der Waals surface area contributed by atoms with Crippen LogP contribution in [0, 0.1) is 0 Å². The van der Waals surface area contributed by atoms with Crippen LogP contribution in [0.2, 0.25) is 5.02 Å². The molecule has 128 valence electrons. The number of hydrogen-bond donors (Lipinski definition) is 2. The largest absolute Gasteiger partial charge is 0.395 e.